The second-order valence-electron chi connectivity index (χ2n) is 6.85. The first-order valence-corrected chi connectivity index (χ1v) is 8.85. The number of nitrogens with zero attached hydrogens (tertiary/aromatic N) is 4. The first-order chi connectivity index (χ1) is 12.7. The van der Waals surface area contributed by atoms with Crippen molar-refractivity contribution in [2.24, 2.45) is 0 Å². The Bertz CT molecular complexity index is 784. The fraction of sp³-hybridized carbons (Fsp3) is 0.421. The van der Waals surface area contributed by atoms with Crippen LogP contribution in [0.2, 0.25) is 0 Å². The number of carbonyl (C=O) groups excluding carboxylic acids is 1. The molecule has 136 valence electrons. The van der Waals surface area contributed by atoms with Gasteiger partial charge in [-0.2, -0.15) is 0 Å². The molecule has 2 aliphatic rings. The molecular weight excluding hydrogens is 335 g/mol. The van der Waals surface area contributed by atoms with Gasteiger partial charge in [-0.1, -0.05) is 6.07 Å². The Hall–Kier alpha value is -2.54. The highest BCUT2D eigenvalue weighted by Gasteiger charge is 2.42. The van der Waals surface area contributed by atoms with Crippen LogP contribution >= 0.6 is 0 Å². The van der Waals surface area contributed by atoms with Crippen LogP contribution in [0.5, 0.6) is 0 Å². The minimum absolute atomic E-state index is 0.122. The molecule has 1 unspecified atom stereocenters. The van der Waals surface area contributed by atoms with Crippen LogP contribution in [0.4, 0.5) is 10.1 Å². The van der Waals surface area contributed by atoms with Crippen LogP contribution in [-0.4, -0.2) is 59.2 Å². The number of aromatic nitrogens is 2. The van der Waals surface area contributed by atoms with Crippen molar-refractivity contribution >= 4 is 11.6 Å². The lowest BCUT2D eigenvalue weighted by molar-refractivity contribution is -0.105. The van der Waals surface area contributed by atoms with Gasteiger partial charge in [-0.25, -0.2) is 9.37 Å². The van der Waals surface area contributed by atoms with E-state index in [1.54, 1.807) is 23.2 Å². The Kier molecular flexibility index (Phi) is 4.55. The molecule has 0 saturated carbocycles. The zero-order valence-corrected chi connectivity index (χ0v) is 14.5. The van der Waals surface area contributed by atoms with Gasteiger partial charge in [-0.3, -0.25) is 9.78 Å². The minimum Gasteiger partial charge on any atom is -0.369 e. The summed E-state index contributed by atoms with van der Waals surface area (Å²) in [7, 11) is 0. The van der Waals surface area contributed by atoms with E-state index in [1.807, 2.05) is 6.07 Å². The maximum Gasteiger partial charge on any atom is 0.274 e. The van der Waals surface area contributed by atoms with Gasteiger partial charge in [0.15, 0.2) is 0 Å². The number of morpholine rings is 1. The van der Waals surface area contributed by atoms with Crippen molar-refractivity contribution in [3.63, 3.8) is 0 Å². The summed E-state index contributed by atoms with van der Waals surface area (Å²) in [4.78, 5) is 24.8. The third-order valence-corrected chi connectivity index (χ3v) is 5.03. The molecule has 0 radical (unpaired) electrons. The molecule has 4 rings (SSSR count). The van der Waals surface area contributed by atoms with E-state index in [4.69, 9.17) is 4.74 Å². The van der Waals surface area contributed by atoms with Gasteiger partial charge in [-0.05, 0) is 31.0 Å². The van der Waals surface area contributed by atoms with Crippen LogP contribution in [-0.2, 0) is 4.74 Å². The van der Waals surface area contributed by atoms with Crippen LogP contribution < -0.4 is 4.90 Å². The molecular formula is C19H21FN4O2. The van der Waals surface area contributed by atoms with E-state index in [9.17, 15) is 9.18 Å². The van der Waals surface area contributed by atoms with Crippen molar-refractivity contribution in [1.29, 1.82) is 0 Å². The Morgan fingerprint density at radius 3 is 2.96 bits per heavy atom. The molecule has 1 aromatic heterocycles. The van der Waals surface area contributed by atoms with E-state index in [0.717, 1.165) is 25.1 Å². The maximum atomic E-state index is 13.6. The fourth-order valence-electron chi connectivity index (χ4n) is 3.83. The number of hydrogen-bond acceptors (Lipinski definition) is 5. The number of benzene rings is 1. The lowest BCUT2D eigenvalue weighted by atomic mass is 9.90. The highest BCUT2D eigenvalue weighted by Crippen LogP contribution is 2.32. The third kappa shape index (κ3) is 3.39. The van der Waals surface area contributed by atoms with Gasteiger partial charge in [0.25, 0.3) is 5.91 Å². The Morgan fingerprint density at radius 2 is 2.15 bits per heavy atom. The van der Waals surface area contributed by atoms with Crippen molar-refractivity contribution in [2.45, 2.75) is 18.4 Å². The van der Waals surface area contributed by atoms with E-state index in [0.29, 0.717) is 31.9 Å². The number of amides is 1. The average molecular weight is 356 g/mol. The van der Waals surface area contributed by atoms with Gasteiger partial charge < -0.3 is 14.5 Å². The van der Waals surface area contributed by atoms with Crippen molar-refractivity contribution in [2.75, 3.05) is 37.7 Å². The summed E-state index contributed by atoms with van der Waals surface area (Å²) >= 11 is 0. The zero-order chi connectivity index (χ0) is 18.0. The molecule has 2 aliphatic heterocycles. The first kappa shape index (κ1) is 16.9. The normalized spacial score (nSPS) is 23.3. The predicted molar refractivity (Wildman–Crippen MR) is 94.5 cm³/mol. The minimum atomic E-state index is -0.430. The molecule has 1 atom stereocenters. The second-order valence-corrected chi connectivity index (χ2v) is 6.85. The van der Waals surface area contributed by atoms with Crippen LogP contribution in [0, 0.1) is 5.82 Å². The summed E-state index contributed by atoms with van der Waals surface area (Å²) in [5.41, 5.74) is 0.771. The van der Waals surface area contributed by atoms with E-state index >= 15 is 0 Å². The molecule has 1 aromatic carbocycles. The smallest absolute Gasteiger partial charge is 0.274 e. The Balaban J connectivity index is 1.51. The molecule has 0 aliphatic carbocycles. The van der Waals surface area contributed by atoms with E-state index in [2.05, 4.69) is 14.9 Å². The maximum absolute atomic E-state index is 13.6. The van der Waals surface area contributed by atoms with Crippen molar-refractivity contribution in [1.82, 2.24) is 14.9 Å². The lowest BCUT2D eigenvalue weighted by Gasteiger charge is -2.48. The molecule has 0 N–H and O–H groups in total. The molecule has 2 saturated heterocycles. The number of carbonyl (C=O) groups is 1. The summed E-state index contributed by atoms with van der Waals surface area (Å²) in [6.45, 7) is 3.03. The van der Waals surface area contributed by atoms with Gasteiger partial charge in [0.05, 0.1) is 19.3 Å². The largest absolute Gasteiger partial charge is 0.369 e. The van der Waals surface area contributed by atoms with Gasteiger partial charge >= 0.3 is 0 Å². The van der Waals surface area contributed by atoms with E-state index in [1.165, 1.54) is 18.5 Å². The van der Waals surface area contributed by atoms with Crippen LogP contribution in [0.1, 0.15) is 23.3 Å². The van der Waals surface area contributed by atoms with Crippen LogP contribution in [0.25, 0.3) is 0 Å². The van der Waals surface area contributed by atoms with Crippen LogP contribution in [0.3, 0.4) is 0 Å². The number of piperidine rings is 1. The zero-order valence-electron chi connectivity index (χ0n) is 14.5. The van der Waals surface area contributed by atoms with E-state index < -0.39 is 5.60 Å². The first-order valence-electron chi connectivity index (χ1n) is 8.85. The molecule has 26 heavy (non-hydrogen) atoms. The Morgan fingerprint density at radius 1 is 1.23 bits per heavy atom. The number of rotatable bonds is 2. The Labute approximate surface area is 151 Å². The van der Waals surface area contributed by atoms with Crippen molar-refractivity contribution in [3.8, 4) is 0 Å². The molecule has 7 heteroatoms. The molecule has 2 aromatic rings. The monoisotopic (exact) mass is 356 g/mol. The summed E-state index contributed by atoms with van der Waals surface area (Å²) in [5.74, 6) is -0.366. The number of anilines is 1. The predicted octanol–water partition coefficient (Wildman–Crippen LogP) is 2.13. The molecule has 1 spiro atoms. The second kappa shape index (κ2) is 6.99. The molecule has 0 bridgehead atoms. The lowest BCUT2D eigenvalue weighted by Crippen LogP contribution is -2.61. The number of halogens is 1. The fourth-order valence-corrected chi connectivity index (χ4v) is 3.83. The topological polar surface area (TPSA) is 58.6 Å². The molecule has 6 nitrogen and oxygen atoms in total. The summed E-state index contributed by atoms with van der Waals surface area (Å²) in [5, 5.41) is 0. The molecule has 3 heterocycles. The van der Waals surface area contributed by atoms with Crippen molar-refractivity contribution in [3.05, 3.63) is 54.4 Å². The number of hydrogen-bond donors (Lipinski definition) is 0. The van der Waals surface area contributed by atoms with Crippen molar-refractivity contribution < 1.29 is 13.9 Å². The highest BCUT2D eigenvalue weighted by atomic mass is 19.1. The summed E-state index contributed by atoms with van der Waals surface area (Å²) in [6, 6.07) is 6.62. The van der Waals surface area contributed by atoms with Gasteiger partial charge in [0.2, 0.25) is 0 Å². The number of ether oxygens (including phenoxy) is 1. The molecule has 2 fully saturated rings. The third-order valence-electron chi connectivity index (χ3n) is 5.03. The van der Waals surface area contributed by atoms with Gasteiger partial charge in [-0.15, -0.1) is 0 Å². The average Bonchev–Trinajstić information content (AvgIpc) is 2.68. The standard InChI is InChI=1S/C19H21FN4O2/c20-15-3-1-4-16(11-15)23-8-2-5-19(13-23)14-24(9-10-26-19)18(25)17-12-21-6-7-22-17/h1,3-4,6-7,11-12H,2,5,8-10,13-14H2. The van der Waals surface area contributed by atoms with Crippen LogP contribution in [0.15, 0.2) is 42.9 Å². The summed E-state index contributed by atoms with van der Waals surface area (Å²) in [6.07, 6.45) is 6.38. The van der Waals surface area contributed by atoms with E-state index in [-0.39, 0.29) is 11.7 Å². The molecule has 1 amide bonds. The quantitative estimate of drug-likeness (QED) is 0.825. The van der Waals surface area contributed by atoms with Gasteiger partial charge in [0.1, 0.15) is 17.1 Å². The highest BCUT2D eigenvalue weighted by molar-refractivity contribution is 5.92. The van der Waals surface area contributed by atoms with Gasteiger partial charge in [0, 0.05) is 37.7 Å². The summed E-state index contributed by atoms with van der Waals surface area (Å²) < 4.78 is 19.7. The SMILES string of the molecule is O=C(c1cnccn1)N1CCOC2(CCCN(c3cccc(F)c3)C2)C1.